The molecule has 0 radical (unpaired) electrons. The molecule has 0 saturated carbocycles. The SMILES string of the molecule is COC(=O)C(Cn1cc(Cl)cn1)NC(C)=O. The monoisotopic (exact) mass is 245 g/mol. The van der Waals surface area contributed by atoms with Gasteiger partial charge in [-0.2, -0.15) is 5.10 Å². The molecule has 0 fully saturated rings. The number of amides is 1. The Morgan fingerprint density at radius 3 is 2.81 bits per heavy atom. The van der Waals surface area contributed by atoms with Crippen LogP contribution in [0.25, 0.3) is 0 Å². The molecule has 0 bridgehead atoms. The highest BCUT2D eigenvalue weighted by Crippen LogP contribution is 2.05. The van der Waals surface area contributed by atoms with Gasteiger partial charge in [-0.1, -0.05) is 11.6 Å². The van der Waals surface area contributed by atoms with Crippen molar-refractivity contribution in [2.75, 3.05) is 7.11 Å². The second kappa shape index (κ2) is 5.50. The van der Waals surface area contributed by atoms with Crippen molar-refractivity contribution in [3.05, 3.63) is 17.4 Å². The van der Waals surface area contributed by atoms with Gasteiger partial charge in [0.15, 0.2) is 0 Å². The Labute approximate surface area is 97.5 Å². The summed E-state index contributed by atoms with van der Waals surface area (Å²) in [6.07, 6.45) is 3.00. The third kappa shape index (κ3) is 3.54. The third-order valence-electron chi connectivity index (χ3n) is 1.83. The van der Waals surface area contributed by atoms with Crippen LogP contribution in [0.3, 0.4) is 0 Å². The van der Waals surface area contributed by atoms with Gasteiger partial charge < -0.3 is 10.1 Å². The van der Waals surface area contributed by atoms with Gasteiger partial charge in [-0.15, -0.1) is 0 Å². The van der Waals surface area contributed by atoms with Gasteiger partial charge in [0.25, 0.3) is 0 Å². The van der Waals surface area contributed by atoms with Crippen LogP contribution in [0.4, 0.5) is 0 Å². The number of nitrogens with one attached hydrogen (secondary N) is 1. The molecule has 16 heavy (non-hydrogen) atoms. The highest BCUT2D eigenvalue weighted by molar-refractivity contribution is 6.30. The van der Waals surface area contributed by atoms with E-state index in [0.29, 0.717) is 5.02 Å². The highest BCUT2D eigenvalue weighted by Gasteiger charge is 2.20. The second-order valence-electron chi connectivity index (χ2n) is 3.16. The topological polar surface area (TPSA) is 73.2 Å². The zero-order valence-electron chi connectivity index (χ0n) is 8.94. The summed E-state index contributed by atoms with van der Waals surface area (Å²) in [7, 11) is 1.26. The maximum absolute atomic E-state index is 11.3. The third-order valence-corrected chi connectivity index (χ3v) is 2.03. The van der Waals surface area contributed by atoms with E-state index >= 15 is 0 Å². The minimum absolute atomic E-state index is 0.180. The van der Waals surface area contributed by atoms with E-state index in [2.05, 4.69) is 15.2 Å². The summed E-state index contributed by atoms with van der Waals surface area (Å²) in [4.78, 5) is 22.2. The molecule has 1 amide bonds. The standard InChI is InChI=1S/C9H12ClN3O3/c1-6(14)12-8(9(15)16-2)5-13-4-7(10)3-11-13/h3-4,8H,5H2,1-2H3,(H,12,14). The first kappa shape index (κ1) is 12.5. The van der Waals surface area contributed by atoms with Crippen LogP contribution in [-0.4, -0.2) is 34.8 Å². The normalized spacial score (nSPS) is 11.9. The molecule has 88 valence electrons. The quantitative estimate of drug-likeness (QED) is 0.770. The molecule has 0 aromatic carbocycles. The minimum atomic E-state index is -0.765. The van der Waals surface area contributed by atoms with E-state index in [1.165, 1.54) is 24.9 Å². The van der Waals surface area contributed by atoms with Crippen LogP contribution in [0, 0.1) is 0 Å². The van der Waals surface area contributed by atoms with Gasteiger partial charge in [0.05, 0.1) is 24.9 Å². The summed E-state index contributed by atoms with van der Waals surface area (Å²) in [6, 6.07) is -0.765. The predicted octanol–water partition coefficient (Wildman–Crippen LogP) is 0.214. The molecule has 6 nitrogen and oxygen atoms in total. The number of esters is 1. The Morgan fingerprint density at radius 2 is 2.38 bits per heavy atom. The maximum atomic E-state index is 11.3. The Morgan fingerprint density at radius 1 is 1.69 bits per heavy atom. The molecule has 7 heteroatoms. The first-order valence-corrected chi connectivity index (χ1v) is 4.93. The molecule has 1 rings (SSSR count). The molecule has 0 spiro atoms. The number of aromatic nitrogens is 2. The van der Waals surface area contributed by atoms with E-state index in [-0.39, 0.29) is 12.5 Å². The van der Waals surface area contributed by atoms with Crippen molar-refractivity contribution < 1.29 is 14.3 Å². The average molecular weight is 246 g/mol. The molecule has 1 N–H and O–H groups in total. The first-order valence-electron chi connectivity index (χ1n) is 4.56. The van der Waals surface area contributed by atoms with E-state index < -0.39 is 12.0 Å². The van der Waals surface area contributed by atoms with Crippen molar-refractivity contribution in [1.29, 1.82) is 0 Å². The fourth-order valence-electron chi connectivity index (χ4n) is 1.19. The van der Waals surface area contributed by atoms with Crippen molar-refractivity contribution in [2.24, 2.45) is 0 Å². The van der Waals surface area contributed by atoms with E-state index in [4.69, 9.17) is 11.6 Å². The van der Waals surface area contributed by atoms with Crippen molar-refractivity contribution in [3.63, 3.8) is 0 Å². The largest absolute Gasteiger partial charge is 0.467 e. The van der Waals surface area contributed by atoms with Crippen LogP contribution < -0.4 is 5.32 Å². The van der Waals surface area contributed by atoms with Gasteiger partial charge in [0.1, 0.15) is 6.04 Å². The lowest BCUT2D eigenvalue weighted by molar-refractivity contribution is -0.145. The summed E-state index contributed by atoms with van der Waals surface area (Å²) >= 11 is 5.68. The Balaban J connectivity index is 2.70. The summed E-state index contributed by atoms with van der Waals surface area (Å²) in [5, 5.41) is 6.84. The zero-order valence-corrected chi connectivity index (χ0v) is 9.69. The van der Waals surface area contributed by atoms with Crippen LogP contribution in [-0.2, 0) is 20.9 Å². The molecule has 1 aromatic heterocycles. The van der Waals surface area contributed by atoms with Crippen LogP contribution in [0.5, 0.6) is 0 Å². The molecule has 0 saturated heterocycles. The Bertz CT molecular complexity index is 391. The van der Waals surface area contributed by atoms with Gasteiger partial charge in [0, 0.05) is 13.1 Å². The zero-order chi connectivity index (χ0) is 12.1. The van der Waals surface area contributed by atoms with E-state index in [1.54, 1.807) is 6.20 Å². The average Bonchev–Trinajstić information content (AvgIpc) is 2.61. The number of carbonyl (C=O) groups is 2. The number of rotatable bonds is 4. The second-order valence-corrected chi connectivity index (χ2v) is 3.59. The molecule has 1 unspecified atom stereocenters. The number of methoxy groups -OCH3 is 1. The van der Waals surface area contributed by atoms with Crippen molar-refractivity contribution in [3.8, 4) is 0 Å². The number of nitrogens with zero attached hydrogens (tertiary/aromatic N) is 2. The smallest absolute Gasteiger partial charge is 0.330 e. The van der Waals surface area contributed by atoms with E-state index in [1.807, 2.05) is 0 Å². The van der Waals surface area contributed by atoms with E-state index in [9.17, 15) is 9.59 Å². The summed E-state index contributed by atoms with van der Waals surface area (Å²) < 4.78 is 6.02. The number of hydrogen-bond acceptors (Lipinski definition) is 4. The molecule has 1 aromatic rings. The first-order chi connectivity index (χ1) is 7.52. The van der Waals surface area contributed by atoms with Gasteiger partial charge in [-0.25, -0.2) is 4.79 Å². The Kier molecular flexibility index (Phi) is 4.30. The van der Waals surface area contributed by atoms with Gasteiger partial charge >= 0.3 is 5.97 Å². The Hall–Kier alpha value is -1.56. The predicted molar refractivity (Wildman–Crippen MR) is 56.9 cm³/mol. The van der Waals surface area contributed by atoms with Crippen molar-refractivity contribution in [2.45, 2.75) is 19.5 Å². The van der Waals surface area contributed by atoms with Crippen LogP contribution in [0.2, 0.25) is 5.02 Å². The summed E-state index contributed by atoms with van der Waals surface area (Å²) in [5.41, 5.74) is 0. The van der Waals surface area contributed by atoms with Gasteiger partial charge in [0.2, 0.25) is 5.91 Å². The molecular formula is C9H12ClN3O3. The minimum Gasteiger partial charge on any atom is -0.467 e. The van der Waals surface area contributed by atoms with Crippen LogP contribution in [0.1, 0.15) is 6.92 Å². The van der Waals surface area contributed by atoms with Crippen LogP contribution in [0.15, 0.2) is 12.4 Å². The molecule has 0 aliphatic carbocycles. The van der Waals surface area contributed by atoms with Gasteiger partial charge in [-0.05, 0) is 0 Å². The molecule has 0 aliphatic rings. The fourth-order valence-corrected chi connectivity index (χ4v) is 1.35. The summed E-state index contributed by atoms with van der Waals surface area (Å²) in [5.74, 6) is -0.838. The number of hydrogen-bond donors (Lipinski definition) is 1. The maximum Gasteiger partial charge on any atom is 0.330 e. The molecule has 1 heterocycles. The number of ether oxygens (including phenoxy) is 1. The highest BCUT2D eigenvalue weighted by atomic mass is 35.5. The number of carbonyl (C=O) groups excluding carboxylic acids is 2. The lowest BCUT2D eigenvalue weighted by atomic mass is 10.3. The van der Waals surface area contributed by atoms with E-state index in [0.717, 1.165) is 0 Å². The van der Waals surface area contributed by atoms with Crippen LogP contribution >= 0.6 is 11.6 Å². The lowest BCUT2D eigenvalue weighted by Crippen LogP contribution is -2.43. The van der Waals surface area contributed by atoms with Crippen molar-refractivity contribution >= 4 is 23.5 Å². The van der Waals surface area contributed by atoms with Gasteiger partial charge in [-0.3, -0.25) is 9.48 Å². The number of halogens is 1. The molecule has 0 aliphatic heterocycles. The van der Waals surface area contributed by atoms with Crippen molar-refractivity contribution in [1.82, 2.24) is 15.1 Å². The molecular weight excluding hydrogens is 234 g/mol. The fraction of sp³-hybridized carbons (Fsp3) is 0.444. The lowest BCUT2D eigenvalue weighted by Gasteiger charge is -2.15. The molecule has 1 atom stereocenters. The summed E-state index contributed by atoms with van der Waals surface area (Å²) in [6.45, 7) is 1.50.